The molecule has 26 heteroatoms. The number of hydrogen-bond acceptors (Lipinski definition) is 6. The average molecular weight is 850 g/mol. The van der Waals surface area contributed by atoms with Gasteiger partial charge in [0.2, 0.25) is 0 Å². The summed E-state index contributed by atoms with van der Waals surface area (Å²) in [5, 5.41) is -16.9. The first-order chi connectivity index (χ1) is 24.1. The SMILES string of the molecule is O=S(=O)(Oc1ccc2ccccc2c1-c1c(OS(=O)(=O)C(F)(F)C(F)(F)C(F)(F)C(F)(F)F)ccc2ccccc12)C(F)(F)C(F)(F)C(F)(F)C(F)(F)F. The predicted octanol–water partition coefficient (Wildman–Crippen LogP) is 9.93. The van der Waals surface area contributed by atoms with Crippen molar-refractivity contribution in [3.63, 3.8) is 0 Å². The van der Waals surface area contributed by atoms with Crippen molar-refractivity contribution in [2.24, 2.45) is 0 Å². The maximum atomic E-state index is 14.7. The average Bonchev–Trinajstić information content (AvgIpc) is 3.03. The number of rotatable bonds is 11. The number of benzene rings is 4. The standard InChI is InChI=1S/C28H12F18O6S2/c29-21(30,25(37,38)39)23(33,34)27(43,44)53(47,48)51-17-11-9-13-5-1-3-7-15(13)19(17)20-16-8-4-2-6-14(16)10-12-18(20)52-54(49,50)28(45,46)24(35,36)22(31,32)26(40,41)42/h1-12H. The first-order valence-electron chi connectivity index (χ1n) is 13.4. The van der Waals surface area contributed by atoms with Crippen LogP contribution in [0.2, 0.25) is 0 Å². The Morgan fingerprint density at radius 3 is 0.926 bits per heavy atom. The van der Waals surface area contributed by atoms with E-state index in [2.05, 4.69) is 8.37 Å². The summed E-state index contributed by atoms with van der Waals surface area (Å²) in [7, 11) is -15.6. The van der Waals surface area contributed by atoms with Gasteiger partial charge in [-0.3, -0.25) is 0 Å². The van der Waals surface area contributed by atoms with Gasteiger partial charge < -0.3 is 8.37 Å². The smallest absolute Gasteiger partial charge is 0.377 e. The molecule has 0 saturated heterocycles. The molecule has 0 aliphatic carbocycles. The van der Waals surface area contributed by atoms with Gasteiger partial charge in [-0.15, -0.1) is 0 Å². The predicted molar refractivity (Wildman–Crippen MR) is 148 cm³/mol. The van der Waals surface area contributed by atoms with Gasteiger partial charge in [-0.05, 0) is 33.7 Å². The minimum Gasteiger partial charge on any atom is -0.377 e. The lowest BCUT2D eigenvalue weighted by Crippen LogP contribution is -2.63. The van der Waals surface area contributed by atoms with Crippen LogP contribution in [0.5, 0.6) is 11.5 Å². The molecule has 54 heavy (non-hydrogen) atoms. The molecule has 298 valence electrons. The first-order valence-corrected chi connectivity index (χ1v) is 16.3. The molecule has 6 nitrogen and oxygen atoms in total. The zero-order valence-corrected chi connectivity index (χ0v) is 26.6. The van der Waals surface area contributed by atoms with E-state index < -0.39 is 100 Å². The van der Waals surface area contributed by atoms with Crippen LogP contribution >= 0.6 is 0 Å². The largest absolute Gasteiger partial charge is 0.460 e. The monoisotopic (exact) mass is 850 g/mol. The quantitative estimate of drug-likeness (QED) is 0.110. The van der Waals surface area contributed by atoms with E-state index in [1.165, 1.54) is 0 Å². The fourth-order valence-electron chi connectivity index (χ4n) is 4.53. The van der Waals surface area contributed by atoms with Crippen LogP contribution in [0, 0.1) is 0 Å². The maximum absolute atomic E-state index is 14.7. The lowest BCUT2D eigenvalue weighted by atomic mass is 9.92. The van der Waals surface area contributed by atoms with E-state index in [0.717, 1.165) is 48.5 Å². The highest BCUT2D eigenvalue weighted by Crippen LogP contribution is 2.57. The van der Waals surface area contributed by atoms with Crippen LogP contribution in [0.15, 0.2) is 72.8 Å². The van der Waals surface area contributed by atoms with Gasteiger partial charge in [-0.2, -0.15) is 95.9 Å². The van der Waals surface area contributed by atoms with Gasteiger partial charge in [0, 0.05) is 11.1 Å². The van der Waals surface area contributed by atoms with Crippen LogP contribution in [0.1, 0.15) is 0 Å². The molecule has 0 aromatic heterocycles. The summed E-state index contributed by atoms with van der Waals surface area (Å²) >= 11 is 0. The molecule has 4 aromatic carbocycles. The van der Waals surface area contributed by atoms with Crippen molar-refractivity contribution in [1.29, 1.82) is 0 Å². The van der Waals surface area contributed by atoms with Crippen molar-refractivity contribution in [2.75, 3.05) is 0 Å². The van der Waals surface area contributed by atoms with E-state index in [1.807, 2.05) is 0 Å². The van der Waals surface area contributed by atoms with Crippen molar-refractivity contribution in [3.05, 3.63) is 72.8 Å². The zero-order chi connectivity index (χ0) is 41.5. The van der Waals surface area contributed by atoms with Crippen molar-refractivity contribution < 1.29 is 104 Å². The Kier molecular flexibility index (Phi) is 9.88. The molecular formula is C28H12F18O6S2. The van der Waals surface area contributed by atoms with Crippen molar-refractivity contribution in [1.82, 2.24) is 0 Å². The fraction of sp³-hybridized carbons (Fsp3) is 0.286. The van der Waals surface area contributed by atoms with E-state index in [0.29, 0.717) is 12.1 Å². The first kappa shape index (κ1) is 42.4. The van der Waals surface area contributed by atoms with Crippen LogP contribution in [-0.2, 0) is 20.2 Å². The van der Waals surface area contributed by atoms with Gasteiger partial charge >= 0.3 is 66.8 Å². The Bertz CT molecular complexity index is 2160. The van der Waals surface area contributed by atoms with Crippen LogP contribution in [0.4, 0.5) is 79.0 Å². The summed E-state index contributed by atoms with van der Waals surface area (Å²) in [5.41, 5.74) is -2.62. The molecule has 0 saturated carbocycles. The van der Waals surface area contributed by atoms with E-state index in [4.69, 9.17) is 0 Å². The van der Waals surface area contributed by atoms with Gasteiger partial charge in [0.1, 0.15) is 0 Å². The maximum Gasteiger partial charge on any atom is 0.460 e. The van der Waals surface area contributed by atoms with E-state index >= 15 is 0 Å². The molecule has 0 bridgehead atoms. The molecule has 0 unspecified atom stereocenters. The Labute approximate surface area is 288 Å². The molecule has 0 fully saturated rings. The molecule has 0 spiro atoms. The molecule has 4 aromatic rings. The van der Waals surface area contributed by atoms with Crippen LogP contribution in [0.3, 0.4) is 0 Å². The van der Waals surface area contributed by atoms with Gasteiger partial charge in [-0.25, -0.2) is 0 Å². The normalized spacial score (nSPS) is 14.8. The lowest BCUT2D eigenvalue weighted by molar-refractivity contribution is -0.382. The van der Waals surface area contributed by atoms with Crippen LogP contribution < -0.4 is 8.37 Å². The molecule has 0 radical (unpaired) electrons. The highest BCUT2D eigenvalue weighted by molar-refractivity contribution is 7.88. The number of hydrogen-bond donors (Lipinski definition) is 0. The Morgan fingerprint density at radius 2 is 0.648 bits per heavy atom. The summed E-state index contributed by atoms with van der Waals surface area (Å²) in [5.74, 6) is -35.0. The summed E-state index contributed by atoms with van der Waals surface area (Å²) in [6, 6.07) is 9.69. The third-order valence-electron chi connectivity index (χ3n) is 7.29. The van der Waals surface area contributed by atoms with Gasteiger partial charge in [-0.1, -0.05) is 60.7 Å². The molecule has 0 amide bonds. The topological polar surface area (TPSA) is 86.7 Å². The second-order valence-electron chi connectivity index (χ2n) is 10.7. The minimum absolute atomic E-state index is 0.192. The Balaban J connectivity index is 2.05. The van der Waals surface area contributed by atoms with Crippen LogP contribution in [-0.4, -0.2) is 63.4 Å². The molecule has 0 aliphatic rings. The van der Waals surface area contributed by atoms with E-state index in [1.54, 1.807) is 0 Å². The zero-order valence-electron chi connectivity index (χ0n) is 25.0. The highest BCUT2D eigenvalue weighted by atomic mass is 32.2. The summed E-state index contributed by atoms with van der Waals surface area (Å²) < 4.78 is 304. The van der Waals surface area contributed by atoms with Gasteiger partial charge in [0.15, 0.2) is 11.5 Å². The van der Waals surface area contributed by atoms with E-state index in [9.17, 15) is 95.9 Å². The van der Waals surface area contributed by atoms with E-state index in [-0.39, 0.29) is 22.9 Å². The lowest BCUT2D eigenvalue weighted by Gasteiger charge is -2.33. The third-order valence-corrected chi connectivity index (χ3v) is 9.86. The molecule has 0 aliphatic heterocycles. The third kappa shape index (κ3) is 6.17. The van der Waals surface area contributed by atoms with Gasteiger partial charge in [0.05, 0.1) is 0 Å². The molecule has 4 rings (SSSR count). The summed E-state index contributed by atoms with van der Waals surface area (Å²) in [4.78, 5) is 0. The van der Waals surface area contributed by atoms with Gasteiger partial charge in [0.25, 0.3) is 0 Å². The highest BCUT2D eigenvalue weighted by Gasteiger charge is 2.87. The molecular weight excluding hydrogens is 838 g/mol. The second-order valence-corrected chi connectivity index (χ2v) is 13.9. The van der Waals surface area contributed by atoms with Crippen molar-refractivity contribution in [2.45, 2.75) is 46.6 Å². The Morgan fingerprint density at radius 1 is 0.370 bits per heavy atom. The number of halogens is 18. The minimum atomic E-state index is -7.86. The fourth-order valence-corrected chi connectivity index (χ4v) is 6.38. The molecule has 0 atom stereocenters. The summed E-state index contributed by atoms with van der Waals surface area (Å²) in [6.45, 7) is 0. The number of alkyl halides is 18. The van der Waals surface area contributed by atoms with Crippen molar-refractivity contribution >= 4 is 41.8 Å². The number of fused-ring (bicyclic) bond motifs is 2. The Hall–Kier alpha value is -4.36. The summed E-state index contributed by atoms with van der Waals surface area (Å²) in [6.07, 6.45) is -15.0. The van der Waals surface area contributed by atoms with Crippen LogP contribution in [0.25, 0.3) is 32.7 Å². The molecule has 0 heterocycles. The second kappa shape index (κ2) is 12.6. The van der Waals surface area contributed by atoms with Crippen molar-refractivity contribution in [3.8, 4) is 22.6 Å². The molecule has 0 N–H and O–H groups in total.